The highest BCUT2D eigenvalue weighted by atomic mass is 16.5. The van der Waals surface area contributed by atoms with Crippen molar-refractivity contribution in [2.24, 2.45) is 0 Å². The van der Waals surface area contributed by atoms with Crippen molar-refractivity contribution in [1.29, 1.82) is 0 Å². The van der Waals surface area contributed by atoms with Crippen LogP contribution in [-0.4, -0.2) is 50.4 Å². The molecular formula is C14H19N5O. The number of rotatable bonds is 4. The highest BCUT2D eigenvalue weighted by Crippen LogP contribution is 2.22. The van der Waals surface area contributed by atoms with Crippen LogP contribution in [0.4, 0.5) is 0 Å². The molecule has 1 fully saturated rings. The van der Waals surface area contributed by atoms with Crippen molar-refractivity contribution in [2.75, 3.05) is 19.7 Å². The molecule has 0 aromatic carbocycles. The number of hydrogen-bond acceptors (Lipinski definition) is 5. The van der Waals surface area contributed by atoms with Gasteiger partial charge in [0.1, 0.15) is 12.7 Å². The first kappa shape index (κ1) is 13.2. The second-order valence-corrected chi connectivity index (χ2v) is 5.07. The largest absolute Gasteiger partial charge is 0.374 e. The van der Waals surface area contributed by atoms with Crippen LogP contribution >= 0.6 is 0 Å². The molecule has 1 saturated heterocycles. The second-order valence-electron chi connectivity index (χ2n) is 5.07. The fourth-order valence-electron chi connectivity index (χ4n) is 2.57. The Bertz CT molecular complexity index is 516. The molecule has 1 aliphatic heterocycles. The molecule has 3 heterocycles. The summed E-state index contributed by atoms with van der Waals surface area (Å²) in [5.74, 6) is 0. The van der Waals surface area contributed by atoms with E-state index in [0.717, 1.165) is 26.2 Å². The predicted molar refractivity (Wildman–Crippen MR) is 74.0 cm³/mol. The monoisotopic (exact) mass is 273 g/mol. The lowest BCUT2D eigenvalue weighted by Crippen LogP contribution is -2.45. The summed E-state index contributed by atoms with van der Waals surface area (Å²) >= 11 is 0. The zero-order chi connectivity index (χ0) is 13.8. The number of nitrogens with zero attached hydrogens (tertiary/aromatic N) is 5. The number of ether oxygens (including phenoxy) is 1. The van der Waals surface area contributed by atoms with Crippen LogP contribution in [0.15, 0.2) is 37.2 Å². The normalized spacial score (nSPS) is 21.8. The van der Waals surface area contributed by atoms with Crippen molar-refractivity contribution >= 4 is 0 Å². The van der Waals surface area contributed by atoms with Gasteiger partial charge in [0.05, 0.1) is 19.3 Å². The molecule has 1 aliphatic rings. The minimum Gasteiger partial charge on any atom is -0.374 e. The van der Waals surface area contributed by atoms with Crippen molar-refractivity contribution < 1.29 is 4.74 Å². The Labute approximate surface area is 118 Å². The smallest absolute Gasteiger partial charge is 0.137 e. The average Bonchev–Trinajstić information content (AvgIpc) is 3.01. The number of hydrogen-bond donors (Lipinski definition) is 0. The summed E-state index contributed by atoms with van der Waals surface area (Å²) in [6, 6.07) is 4.46. The zero-order valence-electron chi connectivity index (χ0n) is 11.6. The van der Waals surface area contributed by atoms with Crippen LogP contribution < -0.4 is 0 Å². The second kappa shape index (κ2) is 6.11. The number of aromatic nitrogens is 4. The summed E-state index contributed by atoms with van der Waals surface area (Å²) < 4.78 is 7.64. The third kappa shape index (κ3) is 3.02. The van der Waals surface area contributed by atoms with Gasteiger partial charge in [-0.2, -0.15) is 5.10 Å². The molecule has 0 radical (unpaired) electrons. The third-order valence-electron chi connectivity index (χ3n) is 3.74. The maximum atomic E-state index is 5.82. The van der Waals surface area contributed by atoms with Gasteiger partial charge in [0.25, 0.3) is 0 Å². The molecule has 0 bridgehead atoms. The van der Waals surface area contributed by atoms with Gasteiger partial charge in [0, 0.05) is 31.5 Å². The maximum Gasteiger partial charge on any atom is 0.137 e. The van der Waals surface area contributed by atoms with Gasteiger partial charge in [-0.15, -0.1) is 0 Å². The summed E-state index contributed by atoms with van der Waals surface area (Å²) in [7, 11) is 0. The predicted octanol–water partition coefficient (Wildman–Crippen LogP) is 1.14. The zero-order valence-corrected chi connectivity index (χ0v) is 11.6. The van der Waals surface area contributed by atoms with E-state index >= 15 is 0 Å². The van der Waals surface area contributed by atoms with Gasteiger partial charge in [-0.1, -0.05) is 6.07 Å². The first-order valence-electron chi connectivity index (χ1n) is 6.91. The quantitative estimate of drug-likeness (QED) is 0.836. The van der Waals surface area contributed by atoms with Gasteiger partial charge in [0.2, 0.25) is 0 Å². The van der Waals surface area contributed by atoms with E-state index < -0.39 is 0 Å². The molecule has 0 spiro atoms. The molecule has 0 N–H and O–H groups in total. The molecule has 6 nitrogen and oxygen atoms in total. The van der Waals surface area contributed by atoms with Gasteiger partial charge >= 0.3 is 0 Å². The Hall–Kier alpha value is -1.79. The van der Waals surface area contributed by atoms with Crippen LogP contribution in [0, 0.1) is 0 Å². The van der Waals surface area contributed by atoms with Crippen LogP contribution in [-0.2, 0) is 11.3 Å². The molecule has 6 heteroatoms. The Morgan fingerprint density at radius 1 is 1.45 bits per heavy atom. The lowest BCUT2D eigenvalue weighted by molar-refractivity contribution is -0.0497. The lowest BCUT2D eigenvalue weighted by atomic mass is 10.1. The van der Waals surface area contributed by atoms with E-state index in [2.05, 4.69) is 33.0 Å². The van der Waals surface area contributed by atoms with E-state index in [1.807, 2.05) is 23.1 Å². The van der Waals surface area contributed by atoms with Crippen LogP contribution in [0.1, 0.15) is 18.5 Å². The average molecular weight is 273 g/mol. The fourth-order valence-corrected chi connectivity index (χ4v) is 2.57. The molecule has 20 heavy (non-hydrogen) atoms. The van der Waals surface area contributed by atoms with E-state index in [9.17, 15) is 0 Å². The van der Waals surface area contributed by atoms with E-state index in [1.54, 1.807) is 12.7 Å². The Morgan fingerprint density at radius 2 is 2.40 bits per heavy atom. The highest BCUT2D eigenvalue weighted by molar-refractivity contribution is 5.13. The van der Waals surface area contributed by atoms with Crippen LogP contribution in [0.5, 0.6) is 0 Å². The minimum atomic E-state index is 0.157. The van der Waals surface area contributed by atoms with Crippen molar-refractivity contribution in [3.63, 3.8) is 0 Å². The Kier molecular flexibility index (Phi) is 4.03. The molecule has 0 aliphatic carbocycles. The summed E-state index contributed by atoms with van der Waals surface area (Å²) in [5.41, 5.74) is 1.24. The fraction of sp³-hybridized carbons (Fsp3) is 0.500. The Morgan fingerprint density at radius 3 is 3.15 bits per heavy atom. The van der Waals surface area contributed by atoms with E-state index in [-0.39, 0.29) is 6.10 Å². The summed E-state index contributed by atoms with van der Waals surface area (Å²) in [6.07, 6.45) is 7.19. The van der Waals surface area contributed by atoms with Gasteiger partial charge in [-0.3, -0.25) is 14.6 Å². The summed E-state index contributed by atoms with van der Waals surface area (Å²) in [5, 5.41) is 4.14. The molecule has 2 aromatic heterocycles. The van der Waals surface area contributed by atoms with Crippen molar-refractivity contribution in [3.8, 4) is 0 Å². The van der Waals surface area contributed by atoms with E-state index in [1.165, 1.54) is 5.56 Å². The third-order valence-corrected chi connectivity index (χ3v) is 3.74. The first-order valence-corrected chi connectivity index (χ1v) is 6.91. The topological polar surface area (TPSA) is 56.1 Å². The number of pyridine rings is 1. The SMILES string of the molecule is C[C@@H](c1cccnc1)N1CCO[C@H](Cn2cncn2)C1. The summed E-state index contributed by atoms with van der Waals surface area (Å²) in [4.78, 5) is 10.6. The molecule has 3 rings (SSSR count). The number of morpholine rings is 1. The highest BCUT2D eigenvalue weighted by Gasteiger charge is 2.25. The minimum absolute atomic E-state index is 0.157. The van der Waals surface area contributed by atoms with Crippen molar-refractivity contribution in [3.05, 3.63) is 42.7 Å². The van der Waals surface area contributed by atoms with Crippen LogP contribution in [0.2, 0.25) is 0 Å². The standard InChI is InChI=1S/C14H19N5O/c1-12(13-3-2-4-15-7-13)18-5-6-20-14(8-18)9-19-11-16-10-17-19/h2-4,7,10-12,14H,5-6,8-9H2,1H3/t12-,14-/m0/s1. The Balaban J connectivity index is 1.63. The molecule has 0 amide bonds. The van der Waals surface area contributed by atoms with Gasteiger partial charge in [-0.05, 0) is 18.6 Å². The van der Waals surface area contributed by atoms with Crippen LogP contribution in [0.3, 0.4) is 0 Å². The molecule has 0 unspecified atom stereocenters. The molecule has 106 valence electrons. The van der Waals surface area contributed by atoms with E-state index in [4.69, 9.17) is 4.74 Å². The first-order chi connectivity index (χ1) is 9.83. The van der Waals surface area contributed by atoms with Crippen LogP contribution in [0.25, 0.3) is 0 Å². The molecule has 0 saturated carbocycles. The molecule has 2 atom stereocenters. The van der Waals surface area contributed by atoms with Crippen molar-refractivity contribution in [2.45, 2.75) is 25.6 Å². The lowest BCUT2D eigenvalue weighted by Gasteiger charge is -2.36. The molecular weight excluding hydrogens is 254 g/mol. The van der Waals surface area contributed by atoms with Gasteiger partial charge < -0.3 is 4.74 Å². The van der Waals surface area contributed by atoms with E-state index in [0.29, 0.717) is 6.04 Å². The van der Waals surface area contributed by atoms with Gasteiger partial charge in [0.15, 0.2) is 0 Å². The van der Waals surface area contributed by atoms with Crippen molar-refractivity contribution in [1.82, 2.24) is 24.6 Å². The maximum absolute atomic E-state index is 5.82. The molecule has 2 aromatic rings. The van der Waals surface area contributed by atoms with Gasteiger partial charge in [-0.25, -0.2) is 4.98 Å². The summed E-state index contributed by atoms with van der Waals surface area (Å²) in [6.45, 7) is 5.56.